The molecule has 7 heteroatoms. The molecule has 1 aromatic heterocycles. The fourth-order valence-electron chi connectivity index (χ4n) is 2.93. The molecule has 0 atom stereocenters. The van der Waals surface area contributed by atoms with Gasteiger partial charge in [0.05, 0.1) is 30.5 Å². The topological polar surface area (TPSA) is 95.5 Å². The molecule has 0 spiro atoms. The van der Waals surface area contributed by atoms with Gasteiger partial charge >= 0.3 is 5.97 Å². The first-order valence-electron chi connectivity index (χ1n) is 7.80. The summed E-state index contributed by atoms with van der Waals surface area (Å²) in [4.78, 5) is 25.5. The minimum absolute atomic E-state index is 0.126. The Morgan fingerprint density at radius 1 is 1.25 bits per heavy atom. The van der Waals surface area contributed by atoms with Gasteiger partial charge in [0, 0.05) is 18.7 Å². The highest BCUT2D eigenvalue weighted by Gasteiger charge is 2.29. The van der Waals surface area contributed by atoms with Crippen LogP contribution in [-0.4, -0.2) is 52.3 Å². The number of carboxylic acid groups (broad SMARTS) is 1. The predicted molar refractivity (Wildman–Crippen MR) is 86.8 cm³/mol. The van der Waals surface area contributed by atoms with Gasteiger partial charge in [-0.25, -0.2) is 0 Å². The summed E-state index contributed by atoms with van der Waals surface area (Å²) in [6.45, 7) is 0.895. The Balaban J connectivity index is 1.77. The van der Waals surface area contributed by atoms with Crippen molar-refractivity contribution in [3.8, 4) is 17.0 Å². The lowest BCUT2D eigenvalue weighted by atomic mass is 9.96. The van der Waals surface area contributed by atoms with E-state index in [9.17, 15) is 9.59 Å². The molecule has 1 aliphatic heterocycles. The molecule has 7 nitrogen and oxygen atoms in total. The third kappa shape index (κ3) is 3.10. The van der Waals surface area contributed by atoms with Gasteiger partial charge in [-0.05, 0) is 37.1 Å². The largest absolute Gasteiger partial charge is 0.497 e. The zero-order valence-corrected chi connectivity index (χ0v) is 13.4. The zero-order valence-electron chi connectivity index (χ0n) is 13.4. The van der Waals surface area contributed by atoms with Gasteiger partial charge in [-0.1, -0.05) is 0 Å². The molecule has 0 radical (unpaired) electrons. The fourth-order valence-corrected chi connectivity index (χ4v) is 2.93. The van der Waals surface area contributed by atoms with Gasteiger partial charge in [0.25, 0.3) is 5.91 Å². The summed E-state index contributed by atoms with van der Waals surface area (Å²) in [6.07, 6.45) is 2.48. The lowest BCUT2D eigenvalue weighted by molar-refractivity contribution is -0.143. The average Bonchev–Trinajstić information content (AvgIpc) is 3.11. The maximum Gasteiger partial charge on any atom is 0.306 e. The number of hydrogen-bond donors (Lipinski definition) is 2. The second-order valence-corrected chi connectivity index (χ2v) is 5.79. The van der Waals surface area contributed by atoms with Gasteiger partial charge in [-0.3, -0.25) is 14.7 Å². The number of aromatic nitrogens is 2. The summed E-state index contributed by atoms with van der Waals surface area (Å²) in [5.41, 5.74) is 1.99. The highest BCUT2D eigenvalue weighted by molar-refractivity contribution is 5.99. The van der Waals surface area contributed by atoms with Crippen LogP contribution in [0.5, 0.6) is 5.75 Å². The molecule has 2 heterocycles. The third-order valence-electron chi connectivity index (χ3n) is 4.38. The second kappa shape index (κ2) is 6.74. The second-order valence-electron chi connectivity index (χ2n) is 5.79. The Kier molecular flexibility index (Phi) is 4.50. The quantitative estimate of drug-likeness (QED) is 0.895. The molecule has 0 bridgehead atoms. The third-order valence-corrected chi connectivity index (χ3v) is 4.38. The van der Waals surface area contributed by atoms with Crippen LogP contribution < -0.4 is 4.74 Å². The molecule has 24 heavy (non-hydrogen) atoms. The van der Waals surface area contributed by atoms with E-state index in [1.54, 1.807) is 12.0 Å². The average molecular weight is 329 g/mol. The Bertz CT molecular complexity index is 731. The molecule has 1 fully saturated rings. The number of rotatable bonds is 4. The van der Waals surface area contributed by atoms with E-state index in [2.05, 4.69) is 10.2 Å². The molecular formula is C17H19N3O4. The van der Waals surface area contributed by atoms with E-state index in [-0.39, 0.29) is 11.8 Å². The minimum Gasteiger partial charge on any atom is -0.497 e. The molecular weight excluding hydrogens is 310 g/mol. The smallest absolute Gasteiger partial charge is 0.306 e. The van der Waals surface area contributed by atoms with Crippen LogP contribution in [0, 0.1) is 5.92 Å². The van der Waals surface area contributed by atoms with Gasteiger partial charge in [0.1, 0.15) is 5.75 Å². The van der Waals surface area contributed by atoms with Crippen LogP contribution in [0.2, 0.25) is 0 Å². The van der Waals surface area contributed by atoms with Gasteiger partial charge in [-0.2, -0.15) is 5.10 Å². The van der Waals surface area contributed by atoms with Crippen molar-refractivity contribution in [3.05, 3.63) is 36.0 Å². The number of carbonyl (C=O) groups is 2. The summed E-state index contributed by atoms with van der Waals surface area (Å²) < 4.78 is 5.14. The first kappa shape index (κ1) is 16.0. The Morgan fingerprint density at radius 2 is 1.92 bits per heavy atom. The van der Waals surface area contributed by atoms with Gasteiger partial charge in [0.15, 0.2) is 0 Å². The lowest BCUT2D eigenvalue weighted by Crippen LogP contribution is -2.40. The number of hydrogen-bond acceptors (Lipinski definition) is 4. The molecule has 1 saturated heterocycles. The van der Waals surface area contributed by atoms with E-state index in [1.165, 1.54) is 6.20 Å². The van der Waals surface area contributed by atoms with Crippen LogP contribution in [0.15, 0.2) is 30.5 Å². The van der Waals surface area contributed by atoms with Crippen LogP contribution in [0.3, 0.4) is 0 Å². The lowest BCUT2D eigenvalue weighted by Gasteiger charge is -2.30. The number of methoxy groups -OCH3 is 1. The van der Waals surface area contributed by atoms with Crippen molar-refractivity contribution in [3.63, 3.8) is 0 Å². The standard InChI is InChI=1S/C17H19N3O4/c1-24-13-4-2-11(3-5-13)15-14(10-18-19-15)16(21)20-8-6-12(7-9-20)17(22)23/h2-5,10,12H,6-9H2,1H3,(H,18,19)(H,22,23). The number of carbonyl (C=O) groups excluding carboxylic acids is 1. The van der Waals surface area contributed by atoms with Gasteiger partial charge < -0.3 is 14.7 Å². The number of piperidine rings is 1. The SMILES string of the molecule is COc1ccc(-c2[nH]ncc2C(=O)N2CCC(C(=O)O)CC2)cc1. The fraction of sp³-hybridized carbons (Fsp3) is 0.353. The number of nitrogens with one attached hydrogen (secondary N) is 1. The molecule has 0 saturated carbocycles. The summed E-state index contributed by atoms with van der Waals surface area (Å²) in [5.74, 6) is -0.538. The first-order chi connectivity index (χ1) is 11.6. The molecule has 2 aromatic rings. The molecule has 1 aromatic carbocycles. The molecule has 0 unspecified atom stereocenters. The van der Waals surface area contributed by atoms with Gasteiger partial charge in [-0.15, -0.1) is 0 Å². The summed E-state index contributed by atoms with van der Waals surface area (Å²) >= 11 is 0. The van der Waals surface area contributed by atoms with Crippen molar-refractivity contribution in [1.29, 1.82) is 0 Å². The van der Waals surface area contributed by atoms with Crippen molar-refractivity contribution in [2.75, 3.05) is 20.2 Å². The van der Waals surface area contributed by atoms with Crippen molar-refractivity contribution in [2.45, 2.75) is 12.8 Å². The summed E-state index contributed by atoms with van der Waals surface area (Å²) in [5, 5.41) is 15.9. The van der Waals surface area contributed by atoms with Crippen molar-refractivity contribution >= 4 is 11.9 Å². The van der Waals surface area contributed by atoms with Crippen molar-refractivity contribution in [1.82, 2.24) is 15.1 Å². The number of amides is 1. The molecule has 126 valence electrons. The van der Waals surface area contributed by atoms with E-state index in [0.29, 0.717) is 37.2 Å². The van der Waals surface area contributed by atoms with Crippen LogP contribution in [-0.2, 0) is 4.79 Å². The number of nitrogens with zero attached hydrogens (tertiary/aromatic N) is 2. The molecule has 2 N–H and O–H groups in total. The Labute approximate surface area is 139 Å². The highest BCUT2D eigenvalue weighted by Crippen LogP contribution is 2.26. The monoisotopic (exact) mass is 329 g/mol. The van der Waals surface area contributed by atoms with E-state index >= 15 is 0 Å². The number of benzene rings is 1. The molecule has 0 aliphatic carbocycles. The number of carboxylic acids is 1. The Morgan fingerprint density at radius 3 is 2.50 bits per heavy atom. The van der Waals surface area contributed by atoms with Crippen molar-refractivity contribution < 1.29 is 19.4 Å². The number of aromatic amines is 1. The van der Waals surface area contributed by atoms with E-state index in [1.807, 2.05) is 24.3 Å². The number of ether oxygens (including phenoxy) is 1. The minimum atomic E-state index is -0.788. The summed E-state index contributed by atoms with van der Waals surface area (Å²) in [6, 6.07) is 7.37. The van der Waals surface area contributed by atoms with Gasteiger partial charge in [0.2, 0.25) is 0 Å². The van der Waals surface area contributed by atoms with Crippen molar-refractivity contribution in [2.24, 2.45) is 5.92 Å². The predicted octanol–water partition coefficient (Wildman–Crippen LogP) is 2.02. The molecule has 1 aliphatic rings. The summed E-state index contributed by atoms with van der Waals surface area (Å²) in [7, 11) is 1.60. The van der Waals surface area contributed by atoms with Crippen LogP contribution in [0.4, 0.5) is 0 Å². The zero-order chi connectivity index (χ0) is 17.1. The van der Waals surface area contributed by atoms with Crippen LogP contribution >= 0.6 is 0 Å². The van der Waals surface area contributed by atoms with Crippen LogP contribution in [0.25, 0.3) is 11.3 Å². The number of aliphatic carboxylic acids is 1. The maximum absolute atomic E-state index is 12.7. The number of likely N-dealkylation sites (tertiary alicyclic amines) is 1. The molecule has 3 rings (SSSR count). The maximum atomic E-state index is 12.7. The van der Waals surface area contributed by atoms with E-state index in [0.717, 1.165) is 11.3 Å². The highest BCUT2D eigenvalue weighted by atomic mass is 16.5. The Hall–Kier alpha value is -2.83. The van der Waals surface area contributed by atoms with E-state index in [4.69, 9.17) is 9.84 Å². The van der Waals surface area contributed by atoms with Crippen LogP contribution in [0.1, 0.15) is 23.2 Å². The normalized spacial score (nSPS) is 15.3. The van der Waals surface area contributed by atoms with E-state index < -0.39 is 5.97 Å². The first-order valence-corrected chi connectivity index (χ1v) is 7.80. The number of H-pyrrole nitrogens is 1. The molecule has 1 amide bonds.